The van der Waals surface area contributed by atoms with Gasteiger partial charge in [-0.2, -0.15) is 0 Å². The average molecular weight is 380 g/mol. The van der Waals surface area contributed by atoms with Crippen LogP contribution in [0.15, 0.2) is 24.3 Å². The number of carbonyl (C=O) groups excluding carboxylic acids is 1. The molecule has 2 aromatic rings. The monoisotopic (exact) mass is 380 g/mol. The molecule has 5 nitrogen and oxygen atoms in total. The van der Waals surface area contributed by atoms with E-state index in [9.17, 15) is 18.0 Å². The van der Waals surface area contributed by atoms with Crippen LogP contribution in [0.3, 0.4) is 0 Å². The van der Waals surface area contributed by atoms with Gasteiger partial charge < -0.3 is 19.7 Å². The van der Waals surface area contributed by atoms with Crippen molar-refractivity contribution in [3.63, 3.8) is 0 Å². The number of ether oxygens (including phenoxy) is 2. The zero-order chi connectivity index (χ0) is 19.6. The van der Waals surface area contributed by atoms with Crippen molar-refractivity contribution in [1.29, 1.82) is 0 Å². The van der Waals surface area contributed by atoms with Crippen molar-refractivity contribution in [3.05, 3.63) is 52.8 Å². The van der Waals surface area contributed by atoms with Gasteiger partial charge in [-0.25, -0.2) is 13.2 Å². The number of carbonyl (C=O) groups is 1. The standard InChI is InChI=1S/C19H19F3N2O3/c1-26-15-7-11-5-6-24(10-12(11)8-16(15)27-2)17(25)9-23-14-4-3-13(20)18(21)19(14)22/h3-4,7-8,23H,5-6,9-10H2,1-2H3. The predicted octanol–water partition coefficient (Wildman–Crippen LogP) is 3.12. The second-order valence-corrected chi connectivity index (χ2v) is 6.12. The molecular formula is C19H19F3N2O3. The minimum absolute atomic E-state index is 0.232. The minimum atomic E-state index is -1.57. The zero-order valence-corrected chi connectivity index (χ0v) is 14.9. The first-order valence-corrected chi connectivity index (χ1v) is 8.33. The van der Waals surface area contributed by atoms with Gasteiger partial charge in [0, 0.05) is 13.1 Å². The molecule has 0 radical (unpaired) electrons. The molecule has 8 heteroatoms. The summed E-state index contributed by atoms with van der Waals surface area (Å²) in [5.74, 6) is -3.26. The second-order valence-electron chi connectivity index (χ2n) is 6.12. The van der Waals surface area contributed by atoms with Crippen molar-refractivity contribution in [3.8, 4) is 11.5 Å². The Morgan fingerprint density at radius 2 is 1.74 bits per heavy atom. The third-order valence-electron chi connectivity index (χ3n) is 4.54. The van der Waals surface area contributed by atoms with E-state index in [4.69, 9.17) is 9.47 Å². The molecule has 0 saturated heterocycles. The number of hydrogen-bond acceptors (Lipinski definition) is 4. The number of hydrogen-bond donors (Lipinski definition) is 1. The van der Waals surface area contributed by atoms with Crippen LogP contribution in [-0.4, -0.2) is 38.1 Å². The summed E-state index contributed by atoms with van der Waals surface area (Å²) >= 11 is 0. The fourth-order valence-corrected chi connectivity index (χ4v) is 3.04. The van der Waals surface area contributed by atoms with Crippen molar-refractivity contribution in [2.24, 2.45) is 0 Å². The molecule has 0 saturated carbocycles. The van der Waals surface area contributed by atoms with E-state index in [1.807, 2.05) is 12.1 Å². The van der Waals surface area contributed by atoms with Gasteiger partial charge in [-0.05, 0) is 41.8 Å². The van der Waals surface area contributed by atoms with Crippen molar-refractivity contribution in [1.82, 2.24) is 4.90 Å². The fourth-order valence-electron chi connectivity index (χ4n) is 3.04. The lowest BCUT2D eigenvalue weighted by Crippen LogP contribution is -2.39. The van der Waals surface area contributed by atoms with Crippen LogP contribution in [0.4, 0.5) is 18.9 Å². The summed E-state index contributed by atoms with van der Waals surface area (Å²) in [4.78, 5) is 14.0. The number of methoxy groups -OCH3 is 2. The Morgan fingerprint density at radius 1 is 1.07 bits per heavy atom. The lowest BCUT2D eigenvalue weighted by molar-refractivity contribution is -0.130. The van der Waals surface area contributed by atoms with Gasteiger partial charge in [0.1, 0.15) is 0 Å². The Morgan fingerprint density at radius 3 is 2.41 bits per heavy atom. The molecule has 0 bridgehead atoms. The summed E-state index contributed by atoms with van der Waals surface area (Å²) < 4.78 is 50.5. The van der Waals surface area contributed by atoms with Gasteiger partial charge in [0.15, 0.2) is 29.0 Å². The average Bonchev–Trinajstić information content (AvgIpc) is 2.69. The summed E-state index contributed by atoms with van der Waals surface area (Å²) in [6.07, 6.45) is 0.640. The molecule has 0 fully saturated rings. The van der Waals surface area contributed by atoms with Crippen LogP contribution in [0.2, 0.25) is 0 Å². The molecule has 0 spiro atoms. The summed E-state index contributed by atoms with van der Waals surface area (Å²) in [7, 11) is 3.10. The van der Waals surface area contributed by atoms with E-state index in [0.29, 0.717) is 31.0 Å². The smallest absolute Gasteiger partial charge is 0.242 e. The van der Waals surface area contributed by atoms with Crippen LogP contribution in [0.25, 0.3) is 0 Å². The summed E-state index contributed by atoms with van der Waals surface area (Å²) in [6, 6.07) is 5.59. The molecule has 3 rings (SSSR count). The third-order valence-corrected chi connectivity index (χ3v) is 4.54. The van der Waals surface area contributed by atoms with Gasteiger partial charge in [0.2, 0.25) is 5.91 Å². The van der Waals surface area contributed by atoms with E-state index in [2.05, 4.69) is 5.32 Å². The maximum atomic E-state index is 13.7. The van der Waals surface area contributed by atoms with E-state index in [-0.39, 0.29) is 18.1 Å². The number of fused-ring (bicyclic) bond motifs is 1. The second kappa shape index (κ2) is 7.77. The van der Waals surface area contributed by atoms with Crippen LogP contribution in [-0.2, 0) is 17.8 Å². The molecule has 27 heavy (non-hydrogen) atoms. The van der Waals surface area contributed by atoms with Crippen molar-refractivity contribution >= 4 is 11.6 Å². The number of benzene rings is 2. The highest BCUT2D eigenvalue weighted by Gasteiger charge is 2.23. The SMILES string of the molecule is COc1cc2c(cc1OC)CN(C(=O)CNc1ccc(F)c(F)c1F)CC2. The molecule has 2 aromatic carbocycles. The predicted molar refractivity (Wildman–Crippen MR) is 93.5 cm³/mol. The highest BCUT2D eigenvalue weighted by Crippen LogP contribution is 2.33. The summed E-state index contributed by atoms with van der Waals surface area (Å²) in [6.45, 7) is 0.629. The first-order chi connectivity index (χ1) is 12.9. The van der Waals surface area contributed by atoms with E-state index in [1.165, 1.54) is 7.11 Å². The first kappa shape index (κ1) is 18.9. The minimum Gasteiger partial charge on any atom is -0.493 e. The number of nitrogens with one attached hydrogen (secondary N) is 1. The fraction of sp³-hybridized carbons (Fsp3) is 0.316. The van der Waals surface area contributed by atoms with Gasteiger partial charge in [-0.1, -0.05) is 0 Å². The highest BCUT2D eigenvalue weighted by atomic mass is 19.2. The molecule has 1 aliphatic rings. The summed E-state index contributed by atoms with van der Waals surface area (Å²) in [5, 5.41) is 2.53. The number of halogens is 3. The molecular weight excluding hydrogens is 361 g/mol. The Kier molecular flexibility index (Phi) is 5.43. The van der Waals surface area contributed by atoms with Gasteiger partial charge >= 0.3 is 0 Å². The molecule has 1 amide bonds. The van der Waals surface area contributed by atoms with Crippen molar-refractivity contribution in [2.45, 2.75) is 13.0 Å². The van der Waals surface area contributed by atoms with Gasteiger partial charge in [0.25, 0.3) is 0 Å². The summed E-state index contributed by atoms with van der Waals surface area (Å²) in [5.41, 5.74) is 1.74. The first-order valence-electron chi connectivity index (χ1n) is 8.33. The number of amides is 1. The Bertz CT molecular complexity index is 874. The molecule has 144 valence electrons. The van der Waals surface area contributed by atoms with E-state index >= 15 is 0 Å². The Balaban J connectivity index is 1.68. The quantitative estimate of drug-likeness (QED) is 0.810. The lowest BCUT2D eigenvalue weighted by Gasteiger charge is -2.30. The van der Waals surface area contributed by atoms with Crippen LogP contribution in [0.5, 0.6) is 11.5 Å². The maximum Gasteiger partial charge on any atom is 0.242 e. The molecule has 1 N–H and O–H groups in total. The molecule has 0 aliphatic carbocycles. The number of anilines is 1. The van der Waals surface area contributed by atoms with E-state index < -0.39 is 17.5 Å². The van der Waals surface area contributed by atoms with E-state index in [1.54, 1.807) is 12.0 Å². The molecule has 1 heterocycles. The van der Waals surface area contributed by atoms with Gasteiger partial charge in [-0.15, -0.1) is 0 Å². The largest absolute Gasteiger partial charge is 0.493 e. The topological polar surface area (TPSA) is 50.8 Å². The van der Waals surface area contributed by atoms with Crippen molar-refractivity contribution in [2.75, 3.05) is 32.6 Å². The Labute approximate surface area is 154 Å². The molecule has 0 aromatic heterocycles. The third kappa shape index (κ3) is 3.79. The van der Waals surface area contributed by atoms with Crippen LogP contribution in [0.1, 0.15) is 11.1 Å². The van der Waals surface area contributed by atoms with E-state index in [0.717, 1.165) is 23.3 Å². The van der Waals surface area contributed by atoms with Crippen molar-refractivity contribution < 1.29 is 27.4 Å². The van der Waals surface area contributed by atoms with Crippen LogP contribution >= 0.6 is 0 Å². The van der Waals surface area contributed by atoms with Crippen LogP contribution in [0, 0.1) is 17.5 Å². The normalized spacial score (nSPS) is 13.1. The highest BCUT2D eigenvalue weighted by molar-refractivity contribution is 5.81. The zero-order valence-electron chi connectivity index (χ0n) is 14.9. The number of rotatable bonds is 5. The lowest BCUT2D eigenvalue weighted by atomic mass is 9.98. The molecule has 0 atom stereocenters. The Hall–Kier alpha value is -2.90. The number of nitrogens with zero attached hydrogens (tertiary/aromatic N) is 1. The molecule has 1 aliphatic heterocycles. The molecule has 0 unspecified atom stereocenters. The maximum absolute atomic E-state index is 13.7. The van der Waals surface area contributed by atoms with Gasteiger partial charge in [-0.3, -0.25) is 4.79 Å². The van der Waals surface area contributed by atoms with Crippen LogP contribution < -0.4 is 14.8 Å². The van der Waals surface area contributed by atoms with Gasteiger partial charge in [0.05, 0.1) is 26.5 Å².